The van der Waals surface area contributed by atoms with E-state index in [1.165, 1.54) is 12.1 Å². The van der Waals surface area contributed by atoms with Gasteiger partial charge in [-0.3, -0.25) is 0 Å². The van der Waals surface area contributed by atoms with Crippen LogP contribution in [0, 0.1) is 0 Å². The van der Waals surface area contributed by atoms with Gasteiger partial charge in [0, 0.05) is 31.9 Å². The first-order valence-corrected chi connectivity index (χ1v) is 10.1. The van der Waals surface area contributed by atoms with Crippen LogP contribution >= 0.6 is 0 Å². The molecule has 0 fully saturated rings. The van der Waals surface area contributed by atoms with Crippen LogP contribution in [-0.4, -0.2) is 44.1 Å². The molecule has 0 spiro atoms. The lowest BCUT2D eigenvalue weighted by Gasteiger charge is -2.30. The standard InChI is InChI=1S/C19H23N5O2S/c1-3-23(2)19(22-27(25,26)17-11-9-16(20)10-12-17)24-18(13-14-21-24)15-7-5-4-6-8-15/h4-12,14,18H,3,13,20H2,1-2H3. The zero-order valence-corrected chi connectivity index (χ0v) is 16.2. The van der Waals surface area contributed by atoms with Gasteiger partial charge in [-0.25, -0.2) is 5.01 Å². The van der Waals surface area contributed by atoms with Crippen molar-refractivity contribution in [3.05, 3.63) is 60.2 Å². The largest absolute Gasteiger partial charge is 0.399 e. The Hall–Kier alpha value is -2.87. The van der Waals surface area contributed by atoms with Gasteiger partial charge in [-0.2, -0.15) is 13.5 Å². The Labute approximate surface area is 159 Å². The summed E-state index contributed by atoms with van der Waals surface area (Å²) in [5.41, 5.74) is 7.21. The molecule has 0 amide bonds. The normalized spacial score (nSPS) is 17.3. The van der Waals surface area contributed by atoms with Crippen LogP contribution in [-0.2, 0) is 10.0 Å². The van der Waals surface area contributed by atoms with E-state index in [9.17, 15) is 8.42 Å². The maximum Gasteiger partial charge on any atom is 0.285 e. The first-order valence-electron chi connectivity index (χ1n) is 8.70. The van der Waals surface area contributed by atoms with Gasteiger partial charge in [0.05, 0.1) is 10.9 Å². The second-order valence-corrected chi connectivity index (χ2v) is 7.86. The first kappa shape index (κ1) is 18.9. The minimum atomic E-state index is -3.90. The molecule has 142 valence electrons. The van der Waals surface area contributed by atoms with E-state index in [4.69, 9.17) is 5.73 Å². The minimum Gasteiger partial charge on any atom is -0.399 e. The molecule has 1 unspecified atom stereocenters. The van der Waals surface area contributed by atoms with E-state index in [2.05, 4.69) is 9.50 Å². The molecule has 0 radical (unpaired) electrons. The first-order chi connectivity index (χ1) is 12.9. The van der Waals surface area contributed by atoms with Gasteiger partial charge in [0.25, 0.3) is 10.0 Å². The number of hydrogen-bond acceptors (Lipinski definition) is 4. The van der Waals surface area contributed by atoms with E-state index in [0.29, 0.717) is 18.7 Å². The molecule has 1 heterocycles. The van der Waals surface area contributed by atoms with E-state index < -0.39 is 10.0 Å². The fourth-order valence-corrected chi connectivity index (χ4v) is 3.81. The number of anilines is 1. The molecule has 0 saturated carbocycles. The number of sulfonamides is 1. The Morgan fingerprint density at radius 3 is 2.52 bits per heavy atom. The lowest BCUT2D eigenvalue weighted by Crippen LogP contribution is -2.40. The summed E-state index contributed by atoms with van der Waals surface area (Å²) in [6.07, 6.45) is 2.47. The van der Waals surface area contributed by atoms with Gasteiger partial charge >= 0.3 is 0 Å². The quantitative estimate of drug-likeness (QED) is 0.496. The van der Waals surface area contributed by atoms with Crippen LogP contribution in [0.25, 0.3) is 0 Å². The summed E-state index contributed by atoms with van der Waals surface area (Å²) in [6, 6.07) is 15.8. The Balaban J connectivity index is 2.02. The van der Waals surface area contributed by atoms with Crippen molar-refractivity contribution >= 4 is 27.9 Å². The van der Waals surface area contributed by atoms with Gasteiger partial charge < -0.3 is 10.6 Å². The molecular weight excluding hydrogens is 362 g/mol. The van der Waals surface area contributed by atoms with Gasteiger partial charge in [-0.05, 0) is 36.8 Å². The van der Waals surface area contributed by atoms with Crippen molar-refractivity contribution in [3.63, 3.8) is 0 Å². The SMILES string of the molecule is CCN(C)C(=NS(=O)(=O)c1ccc(N)cc1)N1N=CCC1c1ccccc1. The zero-order chi connectivity index (χ0) is 19.4. The second-order valence-electron chi connectivity index (χ2n) is 6.25. The molecular formula is C19H23N5O2S. The fraction of sp³-hybridized carbons (Fsp3) is 0.263. The summed E-state index contributed by atoms with van der Waals surface area (Å²) in [6.45, 7) is 2.52. The summed E-state index contributed by atoms with van der Waals surface area (Å²) >= 11 is 0. The van der Waals surface area contributed by atoms with Gasteiger partial charge in [0.2, 0.25) is 5.96 Å². The third-order valence-electron chi connectivity index (χ3n) is 4.41. The van der Waals surface area contributed by atoms with Crippen LogP contribution in [0.2, 0.25) is 0 Å². The smallest absolute Gasteiger partial charge is 0.285 e. The zero-order valence-electron chi connectivity index (χ0n) is 15.4. The number of hydrazone groups is 1. The van der Waals surface area contributed by atoms with E-state index in [1.807, 2.05) is 37.3 Å². The Bertz CT molecular complexity index is 940. The minimum absolute atomic E-state index is 0.0955. The molecule has 0 bridgehead atoms. The van der Waals surface area contributed by atoms with E-state index in [-0.39, 0.29) is 16.9 Å². The Morgan fingerprint density at radius 1 is 1.22 bits per heavy atom. The van der Waals surface area contributed by atoms with Gasteiger partial charge in [0.1, 0.15) is 0 Å². The Morgan fingerprint density at radius 2 is 1.89 bits per heavy atom. The number of hydrogen-bond donors (Lipinski definition) is 1. The molecule has 1 atom stereocenters. The van der Waals surface area contributed by atoms with Crippen molar-refractivity contribution in [2.24, 2.45) is 9.50 Å². The third kappa shape index (κ3) is 4.11. The highest BCUT2D eigenvalue weighted by molar-refractivity contribution is 7.90. The maximum absolute atomic E-state index is 12.8. The number of nitrogens with two attached hydrogens (primary N) is 1. The van der Waals surface area contributed by atoms with Crippen LogP contribution < -0.4 is 5.73 Å². The molecule has 0 saturated heterocycles. The lowest BCUT2D eigenvalue weighted by atomic mass is 10.1. The van der Waals surface area contributed by atoms with Crippen LogP contribution in [0.5, 0.6) is 0 Å². The van der Waals surface area contributed by atoms with Crippen molar-refractivity contribution in [3.8, 4) is 0 Å². The van der Waals surface area contributed by atoms with Crippen LogP contribution in [0.3, 0.4) is 0 Å². The number of guanidine groups is 1. The molecule has 1 aliphatic heterocycles. The summed E-state index contributed by atoms with van der Waals surface area (Å²) < 4.78 is 29.8. The van der Waals surface area contributed by atoms with Crippen LogP contribution in [0.4, 0.5) is 5.69 Å². The molecule has 7 nitrogen and oxygen atoms in total. The van der Waals surface area contributed by atoms with Gasteiger partial charge in [-0.1, -0.05) is 30.3 Å². The topological polar surface area (TPSA) is 91.4 Å². The molecule has 3 rings (SSSR count). The lowest BCUT2D eigenvalue weighted by molar-refractivity contribution is 0.315. The summed E-state index contributed by atoms with van der Waals surface area (Å²) in [4.78, 5) is 1.87. The number of nitrogens with zero attached hydrogens (tertiary/aromatic N) is 4. The predicted octanol–water partition coefficient (Wildman–Crippen LogP) is 2.70. The molecule has 2 N–H and O–H groups in total. The highest BCUT2D eigenvalue weighted by Gasteiger charge is 2.30. The van der Waals surface area contributed by atoms with E-state index in [0.717, 1.165) is 5.56 Å². The van der Waals surface area contributed by atoms with Crippen molar-refractivity contribution in [1.82, 2.24) is 9.91 Å². The van der Waals surface area contributed by atoms with Gasteiger partial charge in [-0.15, -0.1) is 4.40 Å². The molecule has 0 aromatic heterocycles. The number of rotatable bonds is 4. The van der Waals surface area contributed by atoms with Crippen molar-refractivity contribution < 1.29 is 8.42 Å². The molecule has 27 heavy (non-hydrogen) atoms. The predicted molar refractivity (Wildman–Crippen MR) is 108 cm³/mol. The Kier molecular flexibility index (Phi) is 5.46. The van der Waals surface area contributed by atoms with E-state index >= 15 is 0 Å². The second kappa shape index (κ2) is 7.79. The maximum atomic E-state index is 12.8. The van der Waals surface area contributed by atoms with Gasteiger partial charge in [0.15, 0.2) is 0 Å². The monoisotopic (exact) mass is 385 g/mol. The summed E-state index contributed by atoms with van der Waals surface area (Å²) in [5.74, 6) is 0.289. The molecule has 2 aromatic carbocycles. The number of nitrogen functional groups attached to an aromatic ring is 1. The average Bonchev–Trinajstić information content (AvgIpc) is 3.16. The highest BCUT2D eigenvalue weighted by atomic mass is 32.2. The molecule has 8 heteroatoms. The number of benzene rings is 2. The van der Waals surface area contributed by atoms with Crippen molar-refractivity contribution in [1.29, 1.82) is 0 Å². The van der Waals surface area contributed by atoms with E-state index in [1.54, 1.807) is 35.3 Å². The molecule has 0 aliphatic carbocycles. The summed E-state index contributed by atoms with van der Waals surface area (Å²) in [5, 5.41) is 6.08. The third-order valence-corrected chi connectivity index (χ3v) is 5.69. The fourth-order valence-electron chi connectivity index (χ4n) is 2.79. The van der Waals surface area contributed by atoms with Crippen molar-refractivity contribution in [2.45, 2.75) is 24.3 Å². The molecule has 2 aromatic rings. The van der Waals surface area contributed by atoms with Crippen molar-refractivity contribution in [2.75, 3.05) is 19.3 Å². The highest BCUT2D eigenvalue weighted by Crippen LogP contribution is 2.29. The summed E-state index contributed by atoms with van der Waals surface area (Å²) in [7, 11) is -2.10. The van der Waals surface area contributed by atoms with Crippen LogP contribution in [0.15, 0.2) is 69.0 Å². The average molecular weight is 385 g/mol. The molecule has 1 aliphatic rings. The van der Waals surface area contributed by atoms with Crippen LogP contribution in [0.1, 0.15) is 24.9 Å².